The zero-order valence-corrected chi connectivity index (χ0v) is 15.3. The molecule has 0 saturated carbocycles. The van der Waals surface area contributed by atoms with Gasteiger partial charge < -0.3 is 5.11 Å². The molecule has 1 nitrogen and oxygen atoms in total. The average Bonchev–Trinajstić information content (AvgIpc) is 2.64. The maximum absolute atomic E-state index is 12.9. The summed E-state index contributed by atoms with van der Waals surface area (Å²) in [7, 11) is 0. The molecular weight excluding hydrogens is 361 g/mol. The lowest BCUT2D eigenvalue weighted by Gasteiger charge is -2.12. The van der Waals surface area contributed by atoms with Gasteiger partial charge in [-0.15, -0.1) is 0 Å². The van der Waals surface area contributed by atoms with E-state index < -0.39 is 11.7 Å². The summed E-state index contributed by atoms with van der Waals surface area (Å²) in [5.74, 6) is 0.255. The maximum atomic E-state index is 12.9. The van der Waals surface area contributed by atoms with Gasteiger partial charge in [-0.05, 0) is 76.9 Å². The number of phenolic OH excluding ortho intramolecular Hbond substituents is 1. The van der Waals surface area contributed by atoms with Crippen molar-refractivity contribution in [3.05, 3.63) is 89.0 Å². The second-order valence-electron chi connectivity index (χ2n) is 7.18. The van der Waals surface area contributed by atoms with Gasteiger partial charge in [0.25, 0.3) is 0 Å². The maximum Gasteiger partial charge on any atom is 0.416 e. The first-order valence-corrected chi connectivity index (χ1v) is 9.12. The van der Waals surface area contributed by atoms with Gasteiger partial charge in [0.1, 0.15) is 5.75 Å². The molecule has 0 bridgehead atoms. The van der Waals surface area contributed by atoms with Crippen molar-refractivity contribution in [3.63, 3.8) is 0 Å². The Hall–Kier alpha value is -3.01. The molecule has 4 heteroatoms. The molecule has 0 aromatic heterocycles. The summed E-state index contributed by atoms with van der Waals surface area (Å²) < 4.78 is 38.7. The first-order valence-electron chi connectivity index (χ1n) is 9.12. The molecule has 0 fully saturated rings. The highest BCUT2D eigenvalue weighted by molar-refractivity contribution is 6.00. The van der Waals surface area contributed by atoms with Crippen LogP contribution in [0, 0.1) is 6.92 Å². The van der Waals surface area contributed by atoms with Crippen molar-refractivity contribution in [1.29, 1.82) is 0 Å². The Bertz CT molecular complexity index is 1180. The molecule has 4 aromatic rings. The Kier molecular flexibility index (Phi) is 4.50. The monoisotopic (exact) mass is 380 g/mol. The van der Waals surface area contributed by atoms with Crippen LogP contribution in [0.4, 0.5) is 13.2 Å². The molecule has 4 rings (SSSR count). The lowest BCUT2D eigenvalue weighted by atomic mass is 9.97. The molecule has 0 amide bonds. The number of aromatic hydroxyl groups is 1. The second kappa shape index (κ2) is 6.86. The lowest BCUT2D eigenvalue weighted by Crippen LogP contribution is -2.07. The van der Waals surface area contributed by atoms with Gasteiger partial charge in [0.05, 0.1) is 5.56 Å². The Morgan fingerprint density at radius 3 is 2.18 bits per heavy atom. The molecular formula is C24H19F3O. The van der Waals surface area contributed by atoms with E-state index in [-0.39, 0.29) is 11.3 Å². The summed E-state index contributed by atoms with van der Waals surface area (Å²) in [6, 6.07) is 20.0. The van der Waals surface area contributed by atoms with Gasteiger partial charge >= 0.3 is 6.18 Å². The number of phenols is 1. The number of alkyl halides is 3. The van der Waals surface area contributed by atoms with E-state index in [1.54, 1.807) is 18.2 Å². The summed E-state index contributed by atoms with van der Waals surface area (Å²) in [5.41, 5.74) is 1.68. The highest BCUT2D eigenvalue weighted by Crippen LogP contribution is 2.32. The predicted octanol–water partition coefficient (Wildman–Crippen LogP) is 6.81. The number of benzene rings is 4. The zero-order chi connectivity index (χ0) is 19.9. The minimum absolute atomic E-state index is 0.255. The fourth-order valence-corrected chi connectivity index (χ4v) is 3.70. The molecule has 0 aliphatic carbocycles. The molecule has 0 spiro atoms. The lowest BCUT2D eigenvalue weighted by molar-refractivity contribution is -0.138. The van der Waals surface area contributed by atoms with E-state index in [1.165, 1.54) is 13.0 Å². The van der Waals surface area contributed by atoms with Crippen LogP contribution in [0.2, 0.25) is 0 Å². The summed E-state index contributed by atoms with van der Waals surface area (Å²) in [5, 5.41) is 14.0. The van der Waals surface area contributed by atoms with Crippen LogP contribution in [-0.4, -0.2) is 5.11 Å². The predicted molar refractivity (Wildman–Crippen MR) is 107 cm³/mol. The van der Waals surface area contributed by atoms with Crippen LogP contribution in [0.15, 0.2) is 66.7 Å². The van der Waals surface area contributed by atoms with Crippen LogP contribution >= 0.6 is 0 Å². The van der Waals surface area contributed by atoms with E-state index in [4.69, 9.17) is 0 Å². The number of fused-ring (bicyclic) bond motifs is 2. The van der Waals surface area contributed by atoms with Crippen molar-refractivity contribution in [2.24, 2.45) is 0 Å². The topological polar surface area (TPSA) is 20.2 Å². The van der Waals surface area contributed by atoms with Gasteiger partial charge in [0.15, 0.2) is 0 Å². The van der Waals surface area contributed by atoms with Gasteiger partial charge in [-0.2, -0.15) is 13.2 Å². The van der Waals surface area contributed by atoms with Gasteiger partial charge in [0, 0.05) is 5.39 Å². The Morgan fingerprint density at radius 2 is 1.46 bits per heavy atom. The largest absolute Gasteiger partial charge is 0.507 e. The van der Waals surface area contributed by atoms with Crippen LogP contribution in [-0.2, 0) is 19.0 Å². The SMILES string of the molecule is Cc1cc(CCc2ccc3cc4cccc(O)c4cc3c2)ccc1C(F)(F)F. The number of hydrogen-bond acceptors (Lipinski definition) is 1. The fraction of sp³-hybridized carbons (Fsp3) is 0.167. The van der Waals surface area contributed by atoms with E-state index in [0.29, 0.717) is 6.42 Å². The molecule has 0 heterocycles. The van der Waals surface area contributed by atoms with Crippen LogP contribution in [0.5, 0.6) is 5.75 Å². The molecule has 28 heavy (non-hydrogen) atoms. The number of aryl methyl sites for hydroxylation is 3. The standard InChI is InChI=1S/C24H19F3O/c1-15-11-16(8-10-22(15)24(25,26)27)5-6-17-7-9-18-13-19-3-2-4-23(28)21(19)14-20(18)12-17/h2-4,7-14,28H,5-6H2,1H3. The Labute approximate surface area is 161 Å². The van der Waals surface area contributed by atoms with E-state index in [2.05, 4.69) is 6.07 Å². The van der Waals surface area contributed by atoms with E-state index in [1.807, 2.05) is 36.4 Å². The average molecular weight is 380 g/mol. The quantitative estimate of drug-likeness (QED) is 0.387. The highest BCUT2D eigenvalue weighted by Gasteiger charge is 2.32. The van der Waals surface area contributed by atoms with Crippen molar-refractivity contribution in [2.75, 3.05) is 0 Å². The van der Waals surface area contributed by atoms with Crippen molar-refractivity contribution < 1.29 is 18.3 Å². The van der Waals surface area contributed by atoms with Crippen LogP contribution in [0.1, 0.15) is 22.3 Å². The smallest absolute Gasteiger partial charge is 0.416 e. The van der Waals surface area contributed by atoms with E-state index >= 15 is 0 Å². The minimum atomic E-state index is -4.31. The molecule has 1 N–H and O–H groups in total. The molecule has 0 aliphatic rings. The summed E-state index contributed by atoms with van der Waals surface area (Å²) in [6.07, 6.45) is -2.90. The van der Waals surface area contributed by atoms with Crippen LogP contribution in [0.25, 0.3) is 21.5 Å². The van der Waals surface area contributed by atoms with E-state index in [0.717, 1.165) is 39.1 Å². The third-order valence-corrected chi connectivity index (χ3v) is 5.18. The Morgan fingerprint density at radius 1 is 0.750 bits per heavy atom. The fourth-order valence-electron chi connectivity index (χ4n) is 3.70. The van der Waals surface area contributed by atoms with Crippen molar-refractivity contribution >= 4 is 21.5 Å². The second-order valence-corrected chi connectivity index (χ2v) is 7.18. The third kappa shape index (κ3) is 3.55. The molecule has 0 unspecified atom stereocenters. The van der Waals surface area contributed by atoms with Crippen molar-refractivity contribution in [2.45, 2.75) is 25.9 Å². The number of hydrogen-bond donors (Lipinski definition) is 1. The van der Waals surface area contributed by atoms with Gasteiger partial charge in [-0.1, -0.05) is 42.5 Å². The molecule has 0 atom stereocenters. The molecule has 0 aliphatic heterocycles. The number of halogens is 3. The molecule has 0 saturated heterocycles. The molecule has 142 valence electrons. The summed E-state index contributed by atoms with van der Waals surface area (Å²) in [4.78, 5) is 0. The van der Waals surface area contributed by atoms with Crippen LogP contribution in [0.3, 0.4) is 0 Å². The third-order valence-electron chi connectivity index (χ3n) is 5.18. The first-order chi connectivity index (χ1) is 13.3. The Balaban J connectivity index is 1.59. The van der Waals surface area contributed by atoms with Crippen LogP contribution < -0.4 is 0 Å². The van der Waals surface area contributed by atoms with E-state index in [9.17, 15) is 18.3 Å². The highest BCUT2D eigenvalue weighted by atomic mass is 19.4. The van der Waals surface area contributed by atoms with Crippen molar-refractivity contribution in [3.8, 4) is 5.75 Å². The summed E-state index contributed by atoms with van der Waals surface area (Å²) >= 11 is 0. The van der Waals surface area contributed by atoms with Gasteiger partial charge in [0.2, 0.25) is 0 Å². The minimum Gasteiger partial charge on any atom is -0.507 e. The summed E-state index contributed by atoms with van der Waals surface area (Å²) in [6.45, 7) is 1.50. The molecule has 4 aromatic carbocycles. The van der Waals surface area contributed by atoms with Gasteiger partial charge in [-0.3, -0.25) is 0 Å². The first kappa shape index (κ1) is 18.4. The molecule has 0 radical (unpaired) electrons. The van der Waals surface area contributed by atoms with Gasteiger partial charge in [-0.25, -0.2) is 0 Å². The number of rotatable bonds is 3. The normalized spacial score (nSPS) is 12.0. The zero-order valence-electron chi connectivity index (χ0n) is 15.3. The van der Waals surface area contributed by atoms with Crippen molar-refractivity contribution in [1.82, 2.24) is 0 Å².